The van der Waals surface area contributed by atoms with E-state index in [4.69, 9.17) is 9.47 Å². The monoisotopic (exact) mass is 342 g/mol. The molecule has 0 unspecified atom stereocenters. The van der Waals surface area contributed by atoms with Crippen molar-refractivity contribution < 1.29 is 19.1 Å². The molecule has 23 heavy (non-hydrogen) atoms. The summed E-state index contributed by atoms with van der Waals surface area (Å²) in [6, 6.07) is -0.299. The number of rotatable bonds is 5. The molecule has 1 aromatic rings. The number of amides is 1. The van der Waals surface area contributed by atoms with Crippen molar-refractivity contribution in [2.45, 2.75) is 59.6 Å². The number of alkyl carbamates (subject to hydrolysis) is 1. The van der Waals surface area contributed by atoms with Gasteiger partial charge in [-0.05, 0) is 40.0 Å². The first kappa shape index (κ1) is 19.4. The van der Waals surface area contributed by atoms with Crippen LogP contribution in [0.4, 0.5) is 4.79 Å². The largest absolute Gasteiger partial charge is 0.464 e. The second-order valence-corrected chi connectivity index (χ2v) is 8.01. The van der Waals surface area contributed by atoms with Crippen molar-refractivity contribution in [3.8, 4) is 0 Å². The average molecular weight is 342 g/mol. The van der Waals surface area contributed by atoms with E-state index in [0.29, 0.717) is 23.0 Å². The minimum atomic E-state index is -0.567. The number of aromatic nitrogens is 1. The lowest BCUT2D eigenvalue weighted by molar-refractivity contribution is 0.0497. The van der Waals surface area contributed by atoms with Crippen molar-refractivity contribution in [3.63, 3.8) is 0 Å². The zero-order chi connectivity index (χ0) is 17.8. The minimum Gasteiger partial charge on any atom is -0.464 e. The molecule has 0 aromatic carbocycles. The third-order valence-corrected chi connectivity index (χ3v) is 3.97. The van der Waals surface area contributed by atoms with Gasteiger partial charge in [0.25, 0.3) is 0 Å². The fraction of sp³-hybridized carbons (Fsp3) is 0.688. The number of nitrogens with zero attached hydrogens (tertiary/aromatic N) is 1. The highest BCUT2D eigenvalue weighted by atomic mass is 32.1. The van der Waals surface area contributed by atoms with Crippen molar-refractivity contribution >= 4 is 23.4 Å². The SMILES string of the molecule is COC(=O)c1nc([C@H](CC(C)C)NC(=O)OC(C)(C)C)sc1C. The molecule has 1 N–H and O–H groups in total. The Hall–Kier alpha value is -1.63. The summed E-state index contributed by atoms with van der Waals surface area (Å²) >= 11 is 1.39. The molecule has 1 rings (SSSR count). The number of nitrogens with one attached hydrogen (secondary N) is 1. The Morgan fingerprint density at radius 1 is 1.30 bits per heavy atom. The highest BCUT2D eigenvalue weighted by Gasteiger charge is 2.25. The van der Waals surface area contributed by atoms with E-state index in [1.807, 2.05) is 27.7 Å². The van der Waals surface area contributed by atoms with Crippen LogP contribution in [0, 0.1) is 12.8 Å². The minimum absolute atomic E-state index is 0.298. The second-order valence-electron chi connectivity index (χ2n) is 6.78. The number of aryl methyl sites for hydroxylation is 1. The Bertz CT molecular complexity index is 561. The molecule has 0 fully saturated rings. The first-order valence-electron chi connectivity index (χ1n) is 7.58. The predicted molar refractivity (Wildman–Crippen MR) is 89.8 cm³/mol. The number of thiazole rings is 1. The van der Waals surface area contributed by atoms with Gasteiger partial charge in [0, 0.05) is 4.88 Å². The predicted octanol–water partition coefficient (Wildman–Crippen LogP) is 3.85. The smallest absolute Gasteiger partial charge is 0.408 e. The van der Waals surface area contributed by atoms with E-state index in [1.165, 1.54) is 18.4 Å². The normalized spacial score (nSPS) is 12.9. The van der Waals surface area contributed by atoms with Gasteiger partial charge in [-0.1, -0.05) is 13.8 Å². The van der Waals surface area contributed by atoms with Gasteiger partial charge in [-0.15, -0.1) is 11.3 Å². The summed E-state index contributed by atoms with van der Waals surface area (Å²) in [7, 11) is 1.32. The van der Waals surface area contributed by atoms with Crippen LogP contribution in [0.3, 0.4) is 0 Å². The van der Waals surface area contributed by atoms with E-state index in [1.54, 1.807) is 0 Å². The summed E-state index contributed by atoms with van der Waals surface area (Å²) in [6.07, 6.45) is 0.211. The van der Waals surface area contributed by atoms with Gasteiger partial charge in [0.1, 0.15) is 10.6 Å². The van der Waals surface area contributed by atoms with E-state index in [-0.39, 0.29) is 6.04 Å². The standard InChI is InChI=1S/C16H26N2O4S/c1-9(2)8-11(17-15(20)22-16(4,5)6)13-18-12(10(3)23-13)14(19)21-7/h9,11H,8H2,1-7H3,(H,17,20)/t11-/m0/s1. The summed E-state index contributed by atoms with van der Waals surface area (Å²) in [5.41, 5.74) is -0.269. The molecular formula is C16H26N2O4S. The van der Waals surface area contributed by atoms with Gasteiger partial charge < -0.3 is 14.8 Å². The number of carbonyl (C=O) groups excluding carboxylic acids is 2. The molecule has 1 heterocycles. The summed E-state index contributed by atoms with van der Waals surface area (Å²) in [6.45, 7) is 11.4. The lowest BCUT2D eigenvalue weighted by Gasteiger charge is -2.23. The van der Waals surface area contributed by atoms with Gasteiger partial charge in [0.05, 0.1) is 13.2 Å². The van der Waals surface area contributed by atoms with Crippen LogP contribution in [-0.4, -0.2) is 29.8 Å². The fourth-order valence-corrected chi connectivity index (χ4v) is 2.97. The number of hydrogen-bond donors (Lipinski definition) is 1. The van der Waals surface area contributed by atoms with Crippen LogP contribution in [0.1, 0.15) is 67.5 Å². The molecule has 0 spiro atoms. The third-order valence-electron chi connectivity index (χ3n) is 2.89. The van der Waals surface area contributed by atoms with Crippen LogP contribution in [0.25, 0.3) is 0 Å². The number of carbonyl (C=O) groups is 2. The molecule has 1 aromatic heterocycles. The maximum atomic E-state index is 12.1. The highest BCUT2D eigenvalue weighted by molar-refractivity contribution is 7.12. The molecule has 0 radical (unpaired) electrons. The highest BCUT2D eigenvalue weighted by Crippen LogP contribution is 2.28. The summed E-state index contributed by atoms with van der Waals surface area (Å²) < 4.78 is 10.0. The number of ether oxygens (including phenoxy) is 2. The summed E-state index contributed by atoms with van der Waals surface area (Å²) in [5, 5.41) is 3.54. The first-order chi connectivity index (χ1) is 10.5. The molecule has 0 aliphatic rings. The van der Waals surface area contributed by atoms with Gasteiger partial charge in [-0.25, -0.2) is 14.6 Å². The van der Waals surface area contributed by atoms with Gasteiger partial charge in [0.2, 0.25) is 0 Å². The molecular weight excluding hydrogens is 316 g/mol. The van der Waals surface area contributed by atoms with Gasteiger partial charge >= 0.3 is 12.1 Å². The number of hydrogen-bond acceptors (Lipinski definition) is 6. The molecule has 0 aliphatic carbocycles. The molecule has 1 amide bonds. The molecule has 0 saturated carbocycles. The van der Waals surface area contributed by atoms with Crippen LogP contribution in [0.15, 0.2) is 0 Å². The average Bonchev–Trinajstić information content (AvgIpc) is 2.76. The van der Waals surface area contributed by atoms with Gasteiger partial charge in [-0.3, -0.25) is 0 Å². The maximum Gasteiger partial charge on any atom is 0.408 e. The zero-order valence-electron chi connectivity index (χ0n) is 14.9. The van der Waals surface area contributed by atoms with Gasteiger partial charge in [0.15, 0.2) is 5.69 Å². The molecule has 0 aliphatic heterocycles. The lowest BCUT2D eigenvalue weighted by Crippen LogP contribution is -2.35. The number of esters is 1. The summed E-state index contributed by atoms with van der Waals surface area (Å²) in [5.74, 6) is -0.119. The Balaban J connectivity index is 2.98. The quantitative estimate of drug-likeness (QED) is 0.822. The van der Waals surface area contributed by atoms with E-state index in [2.05, 4.69) is 24.1 Å². The zero-order valence-corrected chi connectivity index (χ0v) is 15.7. The Morgan fingerprint density at radius 3 is 2.39 bits per heavy atom. The molecule has 1 atom stereocenters. The topological polar surface area (TPSA) is 77.5 Å². The van der Waals surface area contributed by atoms with E-state index < -0.39 is 17.7 Å². The van der Waals surface area contributed by atoms with Crippen molar-refractivity contribution in [1.82, 2.24) is 10.3 Å². The summed E-state index contributed by atoms with van der Waals surface area (Å²) in [4.78, 5) is 28.9. The molecule has 6 nitrogen and oxygen atoms in total. The van der Waals surface area contributed by atoms with Crippen molar-refractivity contribution in [3.05, 3.63) is 15.6 Å². The third kappa shape index (κ3) is 6.17. The van der Waals surface area contributed by atoms with Gasteiger partial charge in [-0.2, -0.15) is 0 Å². The molecule has 130 valence electrons. The van der Waals surface area contributed by atoms with E-state index in [9.17, 15) is 9.59 Å². The van der Waals surface area contributed by atoms with Crippen molar-refractivity contribution in [2.24, 2.45) is 5.92 Å². The Kier molecular flexibility index (Phi) is 6.56. The first-order valence-corrected chi connectivity index (χ1v) is 8.40. The molecule has 0 bridgehead atoms. The van der Waals surface area contributed by atoms with Crippen LogP contribution in [0.2, 0.25) is 0 Å². The van der Waals surface area contributed by atoms with Crippen LogP contribution in [-0.2, 0) is 9.47 Å². The number of methoxy groups -OCH3 is 1. The van der Waals surface area contributed by atoms with Crippen LogP contribution >= 0.6 is 11.3 Å². The maximum absolute atomic E-state index is 12.1. The molecule has 0 saturated heterocycles. The Labute approximate surface area is 141 Å². The van der Waals surface area contributed by atoms with E-state index in [0.717, 1.165) is 4.88 Å². The van der Waals surface area contributed by atoms with Crippen LogP contribution < -0.4 is 5.32 Å². The molecule has 7 heteroatoms. The fourth-order valence-electron chi connectivity index (χ4n) is 1.99. The van der Waals surface area contributed by atoms with Crippen molar-refractivity contribution in [1.29, 1.82) is 0 Å². The van der Waals surface area contributed by atoms with Crippen LogP contribution in [0.5, 0.6) is 0 Å². The second kappa shape index (κ2) is 7.77. The van der Waals surface area contributed by atoms with E-state index >= 15 is 0 Å². The van der Waals surface area contributed by atoms with Crippen molar-refractivity contribution in [2.75, 3.05) is 7.11 Å². The lowest BCUT2D eigenvalue weighted by atomic mass is 10.0. The Morgan fingerprint density at radius 2 is 1.91 bits per heavy atom.